The van der Waals surface area contributed by atoms with Gasteiger partial charge in [0.25, 0.3) is 0 Å². The van der Waals surface area contributed by atoms with Crippen LogP contribution in [0.15, 0.2) is 49.6 Å². The van der Waals surface area contributed by atoms with Gasteiger partial charge in [-0.2, -0.15) is 0 Å². The largest absolute Gasteiger partial charge is 0.372 e. The van der Waals surface area contributed by atoms with Crippen LogP contribution in [0.1, 0.15) is 13.8 Å². The van der Waals surface area contributed by atoms with E-state index in [4.69, 9.17) is 0 Å². The number of anilines is 2. The minimum absolute atomic E-state index is 0.844. The molecule has 0 aliphatic carbocycles. The molecule has 0 aromatic heterocycles. The Kier molecular flexibility index (Phi) is 6.06. The van der Waals surface area contributed by atoms with Crippen LogP contribution in [0.25, 0.3) is 0 Å². The molecule has 1 rings (SSSR count). The molecule has 0 aliphatic heterocycles. The van der Waals surface area contributed by atoms with Crippen LogP contribution in [0.3, 0.4) is 0 Å². The van der Waals surface area contributed by atoms with Gasteiger partial charge in [0, 0.05) is 37.6 Å². The van der Waals surface area contributed by atoms with Gasteiger partial charge in [-0.3, -0.25) is 0 Å². The number of benzene rings is 1. The lowest BCUT2D eigenvalue weighted by atomic mass is 10.2. The summed E-state index contributed by atoms with van der Waals surface area (Å²) >= 11 is 0. The lowest BCUT2D eigenvalue weighted by Crippen LogP contribution is -2.24. The zero-order valence-corrected chi connectivity index (χ0v) is 11.6. The fourth-order valence-corrected chi connectivity index (χ4v) is 2.06. The molecule has 0 spiro atoms. The lowest BCUT2D eigenvalue weighted by molar-refractivity contribution is 0.865. The van der Waals surface area contributed by atoms with E-state index in [1.54, 1.807) is 0 Å². The first kappa shape index (κ1) is 14.4. The van der Waals surface area contributed by atoms with Gasteiger partial charge in [0.05, 0.1) is 0 Å². The Hall–Kier alpha value is -1.70. The lowest BCUT2D eigenvalue weighted by Gasteiger charge is -2.24. The van der Waals surface area contributed by atoms with Crippen molar-refractivity contribution in [3.63, 3.8) is 0 Å². The molecule has 0 radical (unpaired) electrons. The van der Waals surface area contributed by atoms with E-state index >= 15 is 0 Å². The first-order valence-electron chi connectivity index (χ1n) is 6.58. The molecule has 0 atom stereocenters. The van der Waals surface area contributed by atoms with Crippen molar-refractivity contribution in [1.82, 2.24) is 0 Å². The predicted molar refractivity (Wildman–Crippen MR) is 82.6 cm³/mol. The van der Waals surface area contributed by atoms with E-state index < -0.39 is 0 Å². The van der Waals surface area contributed by atoms with Crippen LogP contribution in [-0.4, -0.2) is 26.2 Å². The first-order valence-corrected chi connectivity index (χ1v) is 6.58. The standard InChI is InChI=1S/C16H24N2/c1-5-13-18(14-6-2)16-11-9-15(10-12-16)17(7-3)8-4/h5-6,9-12H,1-2,7-8,13-14H2,3-4H3. The normalized spacial score (nSPS) is 9.89. The smallest absolute Gasteiger partial charge is 0.0373 e. The molecular weight excluding hydrogens is 220 g/mol. The summed E-state index contributed by atoms with van der Waals surface area (Å²) in [4.78, 5) is 4.58. The molecule has 0 unspecified atom stereocenters. The second-order valence-electron chi connectivity index (χ2n) is 4.17. The van der Waals surface area contributed by atoms with Crippen LogP contribution in [0.2, 0.25) is 0 Å². The molecule has 0 aliphatic rings. The molecule has 98 valence electrons. The second kappa shape index (κ2) is 7.59. The fourth-order valence-electron chi connectivity index (χ4n) is 2.06. The molecule has 0 heterocycles. The minimum Gasteiger partial charge on any atom is -0.372 e. The molecule has 0 saturated heterocycles. The highest BCUT2D eigenvalue weighted by Crippen LogP contribution is 2.20. The fraction of sp³-hybridized carbons (Fsp3) is 0.375. The van der Waals surface area contributed by atoms with Crippen LogP contribution in [-0.2, 0) is 0 Å². The molecule has 0 amide bonds. The topological polar surface area (TPSA) is 6.48 Å². The molecular formula is C16H24N2. The van der Waals surface area contributed by atoms with Crippen molar-refractivity contribution in [1.29, 1.82) is 0 Å². The minimum atomic E-state index is 0.844. The van der Waals surface area contributed by atoms with E-state index in [1.807, 2.05) is 12.2 Å². The van der Waals surface area contributed by atoms with Gasteiger partial charge >= 0.3 is 0 Å². The van der Waals surface area contributed by atoms with Crippen molar-refractivity contribution in [2.45, 2.75) is 13.8 Å². The molecule has 2 heteroatoms. The third kappa shape index (κ3) is 3.66. The highest BCUT2D eigenvalue weighted by Gasteiger charge is 2.05. The van der Waals surface area contributed by atoms with E-state index in [1.165, 1.54) is 11.4 Å². The second-order valence-corrected chi connectivity index (χ2v) is 4.17. The molecule has 0 bridgehead atoms. The summed E-state index contributed by atoms with van der Waals surface area (Å²) in [6.45, 7) is 15.7. The van der Waals surface area contributed by atoms with Crippen molar-refractivity contribution in [2.75, 3.05) is 36.0 Å². The third-order valence-electron chi connectivity index (χ3n) is 3.04. The zero-order chi connectivity index (χ0) is 13.4. The summed E-state index contributed by atoms with van der Waals surface area (Å²) in [6.07, 6.45) is 3.84. The van der Waals surface area contributed by atoms with E-state index in [2.05, 4.69) is 61.1 Å². The summed E-state index contributed by atoms with van der Waals surface area (Å²) in [5.74, 6) is 0. The molecule has 1 aromatic rings. The van der Waals surface area contributed by atoms with Crippen LogP contribution >= 0.6 is 0 Å². The maximum Gasteiger partial charge on any atom is 0.0373 e. The first-order chi connectivity index (χ1) is 8.76. The monoisotopic (exact) mass is 244 g/mol. The summed E-state index contributed by atoms with van der Waals surface area (Å²) in [5, 5.41) is 0. The van der Waals surface area contributed by atoms with E-state index in [0.29, 0.717) is 0 Å². The Labute approximate surface area is 111 Å². The maximum absolute atomic E-state index is 3.80. The maximum atomic E-state index is 3.80. The SMILES string of the molecule is C=CCN(CC=C)c1ccc(N(CC)CC)cc1. The molecule has 0 N–H and O–H groups in total. The van der Waals surface area contributed by atoms with Gasteiger partial charge in [0.2, 0.25) is 0 Å². The molecule has 2 nitrogen and oxygen atoms in total. The molecule has 0 fully saturated rings. The summed E-state index contributed by atoms with van der Waals surface area (Å²) in [6, 6.07) is 8.70. The quantitative estimate of drug-likeness (QED) is 0.643. The van der Waals surface area contributed by atoms with E-state index in [0.717, 1.165) is 26.2 Å². The number of rotatable bonds is 8. The van der Waals surface area contributed by atoms with Gasteiger partial charge in [-0.05, 0) is 38.1 Å². The van der Waals surface area contributed by atoms with Crippen molar-refractivity contribution in [2.24, 2.45) is 0 Å². The van der Waals surface area contributed by atoms with Crippen LogP contribution in [0, 0.1) is 0 Å². The number of nitrogens with zero attached hydrogens (tertiary/aromatic N) is 2. The Bertz CT molecular complexity index is 353. The van der Waals surface area contributed by atoms with Gasteiger partial charge in [0.15, 0.2) is 0 Å². The number of hydrogen-bond donors (Lipinski definition) is 0. The van der Waals surface area contributed by atoms with Crippen LogP contribution in [0.5, 0.6) is 0 Å². The highest BCUT2D eigenvalue weighted by atomic mass is 15.1. The van der Waals surface area contributed by atoms with Crippen molar-refractivity contribution in [3.05, 3.63) is 49.6 Å². The van der Waals surface area contributed by atoms with Gasteiger partial charge in [-0.15, -0.1) is 13.2 Å². The average molecular weight is 244 g/mol. The van der Waals surface area contributed by atoms with Crippen LogP contribution < -0.4 is 9.80 Å². The van der Waals surface area contributed by atoms with Crippen LogP contribution in [0.4, 0.5) is 11.4 Å². The highest BCUT2D eigenvalue weighted by molar-refractivity contribution is 5.56. The Morgan fingerprint density at radius 3 is 1.56 bits per heavy atom. The van der Waals surface area contributed by atoms with Gasteiger partial charge < -0.3 is 9.80 Å². The van der Waals surface area contributed by atoms with Gasteiger partial charge in [-0.25, -0.2) is 0 Å². The summed E-state index contributed by atoms with van der Waals surface area (Å²) in [5.41, 5.74) is 2.49. The summed E-state index contributed by atoms with van der Waals surface area (Å²) < 4.78 is 0. The van der Waals surface area contributed by atoms with E-state index in [-0.39, 0.29) is 0 Å². The predicted octanol–water partition coefficient (Wildman–Crippen LogP) is 3.71. The Morgan fingerprint density at radius 2 is 1.22 bits per heavy atom. The van der Waals surface area contributed by atoms with Crippen molar-refractivity contribution >= 4 is 11.4 Å². The Balaban J connectivity index is 2.85. The van der Waals surface area contributed by atoms with Gasteiger partial charge in [-0.1, -0.05) is 12.2 Å². The third-order valence-corrected chi connectivity index (χ3v) is 3.04. The zero-order valence-electron chi connectivity index (χ0n) is 11.6. The van der Waals surface area contributed by atoms with Crippen molar-refractivity contribution in [3.8, 4) is 0 Å². The molecule has 1 aromatic carbocycles. The summed E-state index contributed by atoms with van der Waals surface area (Å²) in [7, 11) is 0. The molecule has 0 saturated carbocycles. The molecule has 18 heavy (non-hydrogen) atoms. The van der Waals surface area contributed by atoms with E-state index in [9.17, 15) is 0 Å². The Morgan fingerprint density at radius 1 is 0.833 bits per heavy atom. The van der Waals surface area contributed by atoms with Gasteiger partial charge in [0.1, 0.15) is 0 Å². The van der Waals surface area contributed by atoms with Crippen molar-refractivity contribution < 1.29 is 0 Å². The average Bonchev–Trinajstić information content (AvgIpc) is 2.41. The number of hydrogen-bond acceptors (Lipinski definition) is 2.